The zero-order chi connectivity index (χ0) is 16.4. The fraction of sp³-hybridized carbons (Fsp3) is 0.650. The maximum atomic E-state index is 12.4. The van der Waals surface area contributed by atoms with Gasteiger partial charge in [-0.1, -0.05) is 19.9 Å². The summed E-state index contributed by atoms with van der Waals surface area (Å²) >= 11 is 0. The summed E-state index contributed by atoms with van der Waals surface area (Å²) in [5, 5.41) is 0. The van der Waals surface area contributed by atoms with E-state index in [9.17, 15) is 14.4 Å². The molecule has 122 valence electrons. The molecule has 0 aromatic carbocycles. The minimum Gasteiger partial charge on any atom is -0.303 e. The van der Waals surface area contributed by atoms with Crippen LogP contribution in [-0.4, -0.2) is 17.9 Å². The summed E-state index contributed by atoms with van der Waals surface area (Å²) in [7, 11) is 0. The quantitative estimate of drug-likeness (QED) is 0.698. The summed E-state index contributed by atoms with van der Waals surface area (Å²) in [6, 6.07) is 0. The van der Waals surface area contributed by atoms with E-state index in [0.717, 1.165) is 37.5 Å². The van der Waals surface area contributed by atoms with Crippen LogP contribution in [0.1, 0.15) is 46.0 Å². The molecule has 0 aromatic heterocycles. The predicted molar refractivity (Wildman–Crippen MR) is 86.6 cm³/mol. The summed E-state index contributed by atoms with van der Waals surface area (Å²) in [5.74, 6) is 1.51. The van der Waals surface area contributed by atoms with Gasteiger partial charge in [0.05, 0.1) is 0 Å². The van der Waals surface area contributed by atoms with Crippen molar-refractivity contribution in [2.75, 3.05) is 0 Å². The van der Waals surface area contributed by atoms with Gasteiger partial charge in [-0.05, 0) is 61.2 Å². The Hall–Kier alpha value is -1.51. The van der Waals surface area contributed by atoms with Crippen LogP contribution in [0, 0.1) is 34.5 Å². The van der Waals surface area contributed by atoms with Crippen molar-refractivity contribution in [3.63, 3.8) is 0 Å². The molecule has 0 heterocycles. The van der Waals surface area contributed by atoms with Crippen LogP contribution in [0.25, 0.3) is 0 Å². The molecule has 4 unspecified atom stereocenters. The second-order valence-electron chi connectivity index (χ2n) is 8.39. The molecule has 0 amide bonds. The summed E-state index contributed by atoms with van der Waals surface area (Å²) in [6.07, 6.45) is 10.9. The molecule has 3 nitrogen and oxygen atoms in total. The van der Waals surface area contributed by atoms with Gasteiger partial charge in [0.2, 0.25) is 0 Å². The lowest BCUT2D eigenvalue weighted by Gasteiger charge is -2.56. The molecule has 4 rings (SSSR count). The summed E-state index contributed by atoms with van der Waals surface area (Å²) < 4.78 is 0. The van der Waals surface area contributed by atoms with Crippen LogP contribution < -0.4 is 0 Å². The van der Waals surface area contributed by atoms with Crippen molar-refractivity contribution in [2.45, 2.75) is 46.0 Å². The van der Waals surface area contributed by atoms with E-state index in [0.29, 0.717) is 30.0 Å². The van der Waals surface area contributed by atoms with E-state index in [4.69, 9.17) is 0 Å². The van der Waals surface area contributed by atoms with Crippen molar-refractivity contribution in [3.05, 3.63) is 23.8 Å². The van der Waals surface area contributed by atoms with E-state index < -0.39 is 0 Å². The smallest absolute Gasteiger partial charge is 0.178 e. The first-order chi connectivity index (χ1) is 10.9. The van der Waals surface area contributed by atoms with E-state index in [1.807, 2.05) is 6.08 Å². The SMILES string of the molecule is C[C@]12C=CC(=O)C=C1C(C=O)CC1C2CC[C@]2(C)C(=O)CCC12. The molecule has 0 saturated heterocycles. The van der Waals surface area contributed by atoms with E-state index in [1.165, 1.54) is 0 Å². The molecule has 3 saturated carbocycles. The lowest BCUT2D eigenvalue weighted by molar-refractivity contribution is -0.132. The molecular weight excluding hydrogens is 288 g/mol. The van der Waals surface area contributed by atoms with E-state index in [-0.39, 0.29) is 22.5 Å². The highest BCUT2D eigenvalue weighted by molar-refractivity contribution is 6.01. The molecule has 4 aliphatic rings. The number of hydrogen-bond acceptors (Lipinski definition) is 3. The van der Waals surface area contributed by atoms with Crippen molar-refractivity contribution in [2.24, 2.45) is 34.5 Å². The average Bonchev–Trinajstić information content (AvgIpc) is 2.83. The van der Waals surface area contributed by atoms with Gasteiger partial charge in [-0.2, -0.15) is 0 Å². The van der Waals surface area contributed by atoms with Crippen LogP contribution >= 0.6 is 0 Å². The van der Waals surface area contributed by atoms with E-state index >= 15 is 0 Å². The van der Waals surface area contributed by atoms with Crippen molar-refractivity contribution in [3.8, 4) is 0 Å². The largest absolute Gasteiger partial charge is 0.303 e. The minimum atomic E-state index is -0.199. The Bertz CT molecular complexity index is 658. The van der Waals surface area contributed by atoms with Gasteiger partial charge in [0.25, 0.3) is 0 Å². The highest BCUT2D eigenvalue weighted by atomic mass is 16.1. The van der Waals surface area contributed by atoms with Crippen LogP contribution in [0.5, 0.6) is 0 Å². The van der Waals surface area contributed by atoms with E-state index in [2.05, 4.69) is 13.8 Å². The fourth-order valence-corrected chi connectivity index (χ4v) is 6.23. The highest BCUT2D eigenvalue weighted by Gasteiger charge is 2.59. The van der Waals surface area contributed by atoms with Gasteiger partial charge in [0.15, 0.2) is 5.78 Å². The molecule has 6 atom stereocenters. The van der Waals surface area contributed by atoms with Gasteiger partial charge in [-0.3, -0.25) is 9.59 Å². The number of allylic oxidation sites excluding steroid dienone is 4. The third-order valence-corrected chi connectivity index (χ3v) is 7.52. The number of hydrogen-bond donors (Lipinski definition) is 0. The number of fused-ring (bicyclic) bond motifs is 5. The molecule has 0 aromatic rings. The second kappa shape index (κ2) is 4.75. The number of carbonyl (C=O) groups is 3. The van der Waals surface area contributed by atoms with Crippen LogP contribution in [-0.2, 0) is 14.4 Å². The number of carbonyl (C=O) groups excluding carboxylic acids is 3. The van der Waals surface area contributed by atoms with Gasteiger partial charge >= 0.3 is 0 Å². The van der Waals surface area contributed by atoms with Crippen molar-refractivity contribution in [1.29, 1.82) is 0 Å². The van der Waals surface area contributed by atoms with Crippen molar-refractivity contribution >= 4 is 17.9 Å². The summed E-state index contributed by atoms with van der Waals surface area (Å²) in [6.45, 7) is 4.33. The van der Waals surface area contributed by atoms with Crippen molar-refractivity contribution < 1.29 is 14.4 Å². The lowest BCUT2D eigenvalue weighted by Crippen LogP contribution is -2.52. The first-order valence-electron chi connectivity index (χ1n) is 8.84. The van der Waals surface area contributed by atoms with Gasteiger partial charge in [0, 0.05) is 23.2 Å². The Balaban J connectivity index is 1.78. The van der Waals surface area contributed by atoms with Gasteiger partial charge in [-0.25, -0.2) is 0 Å². The van der Waals surface area contributed by atoms with Crippen LogP contribution in [0.2, 0.25) is 0 Å². The standard InChI is InChI=1S/C20H24O3/c1-19-7-5-13(22)10-17(19)12(11-21)9-14-15-3-4-18(23)20(15,2)8-6-16(14)19/h5,7,10-12,14-16H,3-4,6,8-9H2,1-2H3/t12?,14?,15?,16?,19-,20+/m1/s1. The third-order valence-electron chi connectivity index (χ3n) is 7.52. The zero-order valence-electron chi connectivity index (χ0n) is 13.9. The van der Waals surface area contributed by atoms with Crippen LogP contribution in [0.15, 0.2) is 23.8 Å². The Labute approximate surface area is 137 Å². The molecule has 0 aliphatic heterocycles. The number of ketones is 2. The second-order valence-corrected chi connectivity index (χ2v) is 8.39. The molecule has 0 bridgehead atoms. The van der Waals surface area contributed by atoms with Crippen LogP contribution in [0.3, 0.4) is 0 Å². The Morgan fingerprint density at radius 2 is 1.96 bits per heavy atom. The molecule has 4 aliphatic carbocycles. The van der Waals surface area contributed by atoms with E-state index in [1.54, 1.807) is 12.2 Å². The maximum absolute atomic E-state index is 12.4. The van der Waals surface area contributed by atoms with Gasteiger partial charge in [-0.15, -0.1) is 0 Å². The Kier molecular flexibility index (Phi) is 3.11. The van der Waals surface area contributed by atoms with Gasteiger partial charge < -0.3 is 4.79 Å². The third kappa shape index (κ3) is 1.85. The molecule has 0 N–H and O–H groups in total. The average molecular weight is 312 g/mol. The lowest BCUT2D eigenvalue weighted by atomic mass is 9.47. The highest BCUT2D eigenvalue weighted by Crippen LogP contribution is 2.64. The molecule has 3 heteroatoms. The monoisotopic (exact) mass is 312 g/mol. The maximum Gasteiger partial charge on any atom is 0.178 e. The summed E-state index contributed by atoms with van der Waals surface area (Å²) in [5.41, 5.74) is 0.629. The van der Waals surface area contributed by atoms with Crippen LogP contribution in [0.4, 0.5) is 0 Å². The fourth-order valence-electron chi connectivity index (χ4n) is 6.23. The molecule has 0 spiro atoms. The summed E-state index contributed by atoms with van der Waals surface area (Å²) in [4.78, 5) is 36.0. The number of rotatable bonds is 1. The minimum absolute atomic E-state index is 0.000494. The van der Waals surface area contributed by atoms with Gasteiger partial charge in [0.1, 0.15) is 12.1 Å². The van der Waals surface area contributed by atoms with Crippen molar-refractivity contribution in [1.82, 2.24) is 0 Å². The molecule has 0 radical (unpaired) electrons. The molecule has 23 heavy (non-hydrogen) atoms. The molecular formula is C20H24O3. The Morgan fingerprint density at radius 1 is 1.17 bits per heavy atom. The normalized spacial score (nSPS) is 48.3. The molecule has 3 fully saturated rings. The number of Topliss-reactive ketones (excluding diaryl/α,β-unsaturated/α-hetero) is 1. The predicted octanol–water partition coefficient (Wildman–Crippen LogP) is 3.29. The Morgan fingerprint density at radius 3 is 2.70 bits per heavy atom. The first-order valence-corrected chi connectivity index (χ1v) is 8.84. The topological polar surface area (TPSA) is 51.2 Å². The zero-order valence-corrected chi connectivity index (χ0v) is 13.9. The first kappa shape index (κ1) is 15.0. The number of aldehydes is 1.